The van der Waals surface area contributed by atoms with Gasteiger partial charge in [-0.05, 0) is 18.2 Å². The van der Waals surface area contributed by atoms with Crippen molar-refractivity contribution in [2.24, 2.45) is 5.73 Å². The van der Waals surface area contributed by atoms with Gasteiger partial charge in [0.1, 0.15) is 5.69 Å². The van der Waals surface area contributed by atoms with Gasteiger partial charge in [0.25, 0.3) is 5.69 Å². The molecule has 3 rings (SSSR count). The lowest BCUT2D eigenvalue weighted by Crippen LogP contribution is -2.31. The van der Waals surface area contributed by atoms with Crippen LogP contribution in [0.4, 0.5) is 21.9 Å². The molecule has 0 saturated heterocycles. The van der Waals surface area contributed by atoms with E-state index in [1.165, 1.54) is 36.7 Å². The smallest absolute Gasteiger partial charge is 0.341 e. The lowest BCUT2D eigenvalue weighted by Gasteiger charge is -2.09. The second-order valence-corrected chi connectivity index (χ2v) is 5.72. The van der Waals surface area contributed by atoms with Gasteiger partial charge < -0.3 is 5.73 Å². The third-order valence-electron chi connectivity index (χ3n) is 3.51. The minimum atomic E-state index is -1.01. The van der Waals surface area contributed by atoms with Gasteiger partial charge in [0.15, 0.2) is 0 Å². The number of non-ortho nitro benzene ring substituents is 1. The Balaban J connectivity index is 2.00. The summed E-state index contributed by atoms with van der Waals surface area (Å²) in [5.74, 6) is 0. The number of hydrogen-bond acceptors (Lipinski definition) is 7. The molecule has 0 radical (unpaired) electrons. The number of benzene rings is 1. The minimum absolute atomic E-state index is 0.0253. The first kappa shape index (κ1) is 17.9. The molecule has 1 aromatic carbocycles. The zero-order chi connectivity index (χ0) is 19.6. The fourth-order valence-corrected chi connectivity index (χ4v) is 2.46. The number of rotatable bonds is 5. The minimum Gasteiger partial charge on any atom is -0.350 e. The van der Waals surface area contributed by atoms with E-state index in [1.54, 1.807) is 6.07 Å². The summed E-state index contributed by atoms with van der Waals surface area (Å²) in [5.41, 5.74) is 10.8. The van der Waals surface area contributed by atoms with E-state index < -0.39 is 16.5 Å². The van der Waals surface area contributed by atoms with Crippen molar-refractivity contribution in [1.29, 1.82) is 0 Å². The van der Waals surface area contributed by atoms with Crippen LogP contribution in [-0.4, -0.2) is 25.7 Å². The fourth-order valence-electron chi connectivity index (χ4n) is 2.28. The van der Waals surface area contributed by atoms with Gasteiger partial charge in [0.2, 0.25) is 0 Å². The Labute approximate surface area is 155 Å². The highest BCUT2D eigenvalue weighted by Crippen LogP contribution is 2.26. The van der Waals surface area contributed by atoms with Crippen LogP contribution in [-0.2, 0) is 0 Å². The van der Waals surface area contributed by atoms with Crippen molar-refractivity contribution in [3.8, 4) is 11.3 Å². The molecule has 11 nitrogen and oxygen atoms in total. The number of H-pyrrole nitrogens is 1. The Morgan fingerprint density at radius 3 is 2.56 bits per heavy atom. The highest BCUT2D eigenvalue weighted by Gasteiger charge is 2.19. The monoisotopic (exact) mass is 389 g/mol. The molecular formula is C15H12ClN7O4. The quantitative estimate of drug-likeness (QED) is 0.384. The summed E-state index contributed by atoms with van der Waals surface area (Å²) in [6.45, 7) is 0. The van der Waals surface area contributed by atoms with Crippen molar-refractivity contribution in [2.75, 3.05) is 10.9 Å². The zero-order valence-corrected chi connectivity index (χ0v) is 14.2. The van der Waals surface area contributed by atoms with Gasteiger partial charge in [-0.3, -0.25) is 35.8 Å². The molecule has 0 fully saturated rings. The van der Waals surface area contributed by atoms with E-state index >= 15 is 0 Å². The number of anilines is 2. The third-order valence-corrected chi connectivity index (χ3v) is 3.72. The molecule has 0 aliphatic rings. The molecule has 2 aromatic heterocycles. The first-order valence-electron chi connectivity index (χ1n) is 7.39. The number of pyridine rings is 1. The summed E-state index contributed by atoms with van der Waals surface area (Å²) in [6.07, 6.45) is 2.90. The largest absolute Gasteiger partial charge is 0.350 e. The second-order valence-electron chi connectivity index (χ2n) is 5.29. The Hall–Kier alpha value is -3.86. The lowest BCUT2D eigenvalue weighted by molar-refractivity contribution is -0.384. The van der Waals surface area contributed by atoms with E-state index in [0.717, 1.165) is 0 Å². The summed E-state index contributed by atoms with van der Waals surface area (Å²) in [6, 6.07) is 5.95. The summed E-state index contributed by atoms with van der Waals surface area (Å²) >= 11 is 5.85. The van der Waals surface area contributed by atoms with Crippen molar-refractivity contribution >= 4 is 34.7 Å². The number of amides is 1. The molecule has 2 heterocycles. The molecule has 5 N–H and O–H groups in total. The average molecular weight is 390 g/mol. The van der Waals surface area contributed by atoms with Crippen molar-refractivity contribution in [2.45, 2.75) is 0 Å². The Bertz CT molecular complexity index is 1070. The zero-order valence-electron chi connectivity index (χ0n) is 13.5. The van der Waals surface area contributed by atoms with Crippen LogP contribution in [0.15, 0.2) is 47.5 Å². The van der Waals surface area contributed by atoms with Crippen LogP contribution in [0.1, 0.15) is 0 Å². The molecular weight excluding hydrogens is 378 g/mol. The topological polar surface area (TPSA) is 161 Å². The molecule has 3 aromatic rings. The van der Waals surface area contributed by atoms with Crippen molar-refractivity contribution in [3.63, 3.8) is 0 Å². The predicted molar refractivity (Wildman–Crippen MR) is 98.6 cm³/mol. The number of aromatic nitrogens is 3. The van der Waals surface area contributed by atoms with E-state index in [4.69, 9.17) is 17.3 Å². The molecule has 1 amide bonds. The maximum atomic E-state index is 12.4. The number of halogens is 1. The number of nitro benzene ring substituents is 1. The summed E-state index contributed by atoms with van der Waals surface area (Å²) in [4.78, 5) is 38.1. The maximum Gasteiger partial charge on any atom is 0.341 e. The molecule has 0 spiro atoms. The van der Waals surface area contributed by atoms with Crippen LogP contribution in [0.5, 0.6) is 0 Å². The van der Waals surface area contributed by atoms with Crippen molar-refractivity contribution in [3.05, 3.63) is 68.2 Å². The average Bonchev–Trinajstić information content (AvgIpc) is 2.97. The Morgan fingerprint density at radius 1 is 1.26 bits per heavy atom. The van der Waals surface area contributed by atoms with E-state index in [2.05, 4.69) is 20.9 Å². The lowest BCUT2D eigenvalue weighted by atomic mass is 10.1. The van der Waals surface area contributed by atoms with Gasteiger partial charge in [-0.25, -0.2) is 4.79 Å². The van der Waals surface area contributed by atoms with Crippen LogP contribution in [0, 0.1) is 10.1 Å². The van der Waals surface area contributed by atoms with E-state index in [9.17, 15) is 19.7 Å². The first-order valence-corrected chi connectivity index (χ1v) is 7.77. The molecule has 0 bridgehead atoms. The summed E-state index contributed by atoms with van der Waals surface area (Å²) < 4.78 is 0.608. The van der Waals surface area contributed by atoms with Crippen LogP contribution in [0.2, 0.25) is 5.02 Å². The number of nitro groups is 1. The Kier molecular flexibility index (Phi) is 4.77. The standard InChI is InChI=1S/C15H12ClN7O4/c16-9-5-10(7-18-6-9)19-20-13-12(21-22(14(13)24)15(17)25)8-1-3-11(4-2-8)23(26)27/h1-7,19-21H,(H2,17,25). The van der Waals surface area contributed by atoms with Crippen molar-refractivity contribution < 1.29 is 9.72 Å². The van der Waals surface area contributed by atoms with Crippen LogP contribution in [0.3, 0.4) is 0 Å². The SMILES string of the molecule is NC(=O)n1[nH]c(-c2ccc([N+](=O)[O-])cc2)c(NNc2cncc(Cl)c2)c1=O. The first-order chi connectivity index (χ1) is 12.9. The fraction of sp³-hybridized carbons (Fsp3) is 0. The number of nitrogens with zero attached hydrogens (tertiary/aromatic N) is 3. The molecule has 12 heteroatoms. The number of nitrogens with one attached hydrogen (secondary N) is 3. The molecule has 0 saturated carbocycles. The van der Waals surface area contributed by atoms with Gasteiger partial charge in [0, 0.05) is 23.9 Å². The van der Waals surface area contributed by atoms with Gasteiger partial charge >= 0.3 is 11.6 Å². The van der Waals surface area contributed by atoms with Gasteiger partial charge in [-0.15, -0.1) is 0 Å². The van der Waals surface area contributed by atoms with Gasteiger partial charge in [-0.2, -0.15) is 4.68 Å². The number of hydrogen-bond donors (Lipinski definition) is 4. The maximum absolute atomic E-state index is 12.4. The highest BCUT2D eigenvalue weighted by atomic mass is 35.5. The predicted octanol–water partition coefficient (Wildman–Crippen LogP) is 2.17. The molecule has 138 valence electrons. The summed E-state index contributed by atoms with van der Waals surface area (Å²) in [5, 5.41) is 13.7. The molecule has 0 aliphatic heterocycles. The van der Waals surface area contributed by atoms with E-state index in [-0.39, 0.29) is 17.1 Å². The molecule has 27 heavy (non-hydrogen) atoms. The number of nitrogens with two attached hydrogens (primary N) is 1. The van der Waals surface area contributed by atoms with Crippen LogP contribution in [0.25, 0.3) is 11.3 Å². The van der Waals surface area contributed by atoms with Crippen LogP contribution < -0.4 is 22.1 Å². The third kappa shape index (κ3) is 3.72. The Morgan fingerprint density at radius 2 is 1.96 bits per heavy atom. The van der Waals surface area contributed by atoms with Gasteiger partial charge in [-0.1, -0.05) is 11.6 Å². The number of carbonyl (C=O) groups excluding carboxylic acids is 1. The van der Waals surface area contributed by atoms with E-state index in [0.29, 0.717) is 21.0 Å². The van der Waals surface area contributed by atoms with Crippen molar-refractivity contribution in [1.82, 2.24) is 14.8 Å². The van der Waals surface area contributed by atoms with Gasteiger partial charge in [0.05, 0.1) is 27.5 Å². The molecule has 0 aliphatic carbocycles. The number of primary amides is 1. The highest BCUT2D eigenvalue weighted by molar-refractivity contribution is 6.30. The van der Waals surface area contributed by atoms with E-state index in [1.807, 2.05) is 0 Å². The van der Waals surface area contributed by atoms with Crippen LogP contribution >= 0.6 is 11.6 Å². The second kappa shape index (κ2) is 7.17. The number of aromatic amines is 1. The molecule has 0 unspecified atom stereocenters. The summed E-state index contributed by atoms with van der Waals surface area (Å²) in [7, 11) is 0. The molecule has 0 atom stereocenters. The number of carbonyl (C=O) groups is 1. The number of hydrazine groups is 1. The normalized spacial score (nSPS) is 10.4.